The highest BCUT2D eigenvalue weighted by Crippen LogP contribution is 2.38. The lowest BCUT2D eigenvalue weighted by atomic mass is 9.83. The van der Waals surface area contributed by atoms with Gasteiger partial charge in [0.15, 0.2) is 0 Å². The molecule has 0 N–H and O–H groups in total. The monoisotopic (exact) mass is 252 g/mol. The minimum Gasteiger partial charge on any atom is -0.496 e. The molecule has 92 valence electrons. The molecule has 0 aliphatic heterocycles. The number of ketones is 1. The Labute approximate surface area is 107 Å². The lowest BCUT2D eigenvalue weighted by Crippen LogP contribution is -2.13. The largest absolute Gasteiger partial charge is 0.496 e. The first-order valence-electron chi connectivity index (χ1n) is 5.97. The number of Topliss-reactive ketones (excluding diaryl/α,β-unsaturated/α-hetero) is 1. The molecule has 0 bridgehead atoms. The number of hydrogen-bond donors (Lipinski definition) is 0. The first kappa shape index (κ1) is 12.4. The number of rotatable bonds is 2. The second-order valence-electron chi connectivity index (χ2n) is 4.66. The number of methoxy groups -OCH3 is 1. The molecule has 0 heterocycles. The third-order valence-corrected chi connectivity index (χ3v) is 3.90. The van der Waals surface area contributed by atoms with E-state index in [1.165, 1.54) is 0 Å². The van der Waals surface area contributed by atoms with Gasteiger partial charge in [-0.25, -0.2) is 0 Å². The third-order valence-electron chi connectivity index (χ3n) is 3.49. The molecule has 0 atom stereocenters. The summed E-state index contributed by atoms with van der Waals surface area (Å²) in [7, 11) is 1.68. The smallest absolute Gasteiger partial charge is 0.132 e. The minimum atomic E-state index is 0.374. The van der Waals surface area contributed by atoms with Gasteiger partial charge in [-0.2, -0.15) is 0 Å². The number of ether oxygens (including phenoxy) is 1. The Morgan fingerprint density at radius 2 is 1.94 bits per heavy atom. The molecule has 1 fully saturated rings. The Morgan fingerprint density at radius 1 is 1.29 bits per heavy atom. The number of halogens is 1. The summed E-state index contributed by atoms with van der Waals surface area (Å²) in [6.45, 7) is 1.97. The molecule has 0 saturated heterocycles. The van der Waals surface area contributed by atoms with Crippen LogP contribution in [0.25, 0.3) is 0 Å². The first-order valence-corrected chi connectivity index (χ1v) is 6.35. The van der Waals surface area contributed by atoms with Crippen LogP contribution in [-0.2, 0) is 4.79 Å². The van der Waals surface area contributed by atoms with Crippen LogP contribution in [0.3, 0.4) is 0 Å². The van der Waals surface area contributed by atoms with Gasteiger partial charge in [-0.15, -0.1) is 0 Å². The van der Waals surface area contributed by atoms with Crippen LogP contribution < -0.4 is 4.74 Å². The van der Waals surface area contributed by atoms with Crippen molar-refractivity contribution in [2.24, 2.45) is 0 Å². The van der Waals surface area contributed by atoms with Crippen molar-refractivity contribution < 1.29 is 9.53 Å². The summed E-state index contributed by atoms with van der Waals surface area (Å²) >= 11 is 6.17. The van der Waals surface area contributed by atoms with Crippen LogP contribution in [0.2, 0.25) is 5.02 Å². The first-order chi connectivity index (χ1) is 8.11. The maximum absolute atomic E-state index is 11.3. The van der Waals surface area contributed by atoms with E-state index >= 15 is 0 Å². The third kappa shape index (κ3) is 2.63. The molecule has 17 heavy (non-hydrogen) atoms. The molecule has 0 spiro atoms. The van der Waals surface area contributed by atoms with Gasteiger partial charge in [0, 0.05) is 17.9 Å². The zero-order chi connectivity index (χ0) is 12.4. The maximum atomic E-state index is 11.3. The van der Waals surface area contributed by atoms with Gasteiger partial charge >= 0.3 is 0 Å². The molecule has 2 nitrogen and oxygen atoms in total. The lowest BCUT2D eigenvalue weighted by molar-refractivity contribution is -0.120. The molecule has 3 heteroatoms. The normalized spacial score (nSPS) is 17.2. The van der Waals surface area contributed by atoms with E-state index in [-0.39, 0.29) is 0 Å². The average molecular weight is 253 g/mol. The number of carbonyl (C=O) groups is 1. The SMILES string of the molecule is COc1cc(C)c(Cl)cc1C1CCC(=O)CC1. The summed E-state index contributed by atoms with van der Waals surface area (Å²) < 4.78 is 5.42. The Bertz CT molecular complexity index is 430. The molecule has 0 aromatic heterocycles. The molecular weight excluding hydrogens is 236 g/mol. The van der Waals surface area contributed by atoms with Crippen LogP contribution in [0.15, 0.2) is 12.1 Å². The van der Waals surface area contributed by atoms with Crippen LogP contribution in [0.4, 0.5) is 0 Å². The van der Waals surface area contributed by atoms with E-state index < -0.39 is 0 Å². The van der Waals surface area contributed by atoms with Crippen molar-refractivity contribution in [3.8, 4) is 5.75 Å². The zero-order valence-electron chi connectivity index (χ0n) is 10.3. The Kier molecular flexibility index (Phi) is 3.72. The summed E-state index contributed by atoms with van der Waals surface area (Å²) in [5.41, 5.74) is 2.18. The maximum Gasteiger partial charge on any atom is 0.132 e. The molecule has 2 rings (SSSR count). The fourth-order valence-corrected chi connectivity index (χ4v) is 2.59. The Hall–Kier alpha value is -1.02. The van der Waals surface area contributed by atoms with Gasteiger partial charge in [0.25, 0.3) is 0 Å². The fraction of sp³-hybridized carbons (Fsp3) is 0.500. The quantitative estimate of drug-likeness (QED) is 0.798. The van der Waals surface area contributed by atoms with E-state index in [1.807, 2.05) is 19.1 Å². The van der Waals surface area contributed by atoms with Crippen LogP contribution in [-0.4, -0.2) is 12.9 Å². The molecule has 1 aromatic carbocycles. The van der Waals surface area contributed by atoms with E-state index in [9.17, 15) is 4.79 Å². The summed E-state index contributed by atoms with van der Waals surface area (Å²) in [5, 5.41) is 0.776. The summed E-state index contributed by atoms with van der Waals surface area (Å²) in [5.74, 6) is 1.67. The predicted molar refractivity (Wildman–Crippen MR) is 69.0 cm³/mol. The molecule has 0 unspecified atom stereocenters. The van der Waals surface area contributed by atoms with Crippen LogP contribution in [0, 0.1) is 6.92 Å². The van der Waals surface area contributed by atoms with Gasteiger partial charge in [0.2, 0.25) is 0 Å². The van der Waals surface area contributed by atoms with E-state index in [1.54, 1.807) is 7.11 Å². The summed E-state index contributed by atoms with van der Waals surface area (Å²) in [6.07, 6.45) is 3.18. The van der Waals surface area contributed by atoms with Crippen molar-refractivity contribution in [1.82, 2.24) is 0 Å². The number of hydrogen-bond acceptors (Lipinski definition) is 2. The Morgan fingerprint density at radius 3 is 2.53 bits per heavy atom. The van der Waals surface area contributed by atoms with Crippen molar-refractivity contribution in [1.29, 1.82) is 0 Å². The zero-order valence-corrected chi connectivity index (χ0v) is 11.0. The molecule has 1 aliphatic carbocycles. The van der Waals surface area contributed by atoms with Gasteiger partial charge in [-0.1, -0.05) is 11.6 Å². The fourth-order valence-electron chi connectivity index (χ4n) is 2.42. The molecule has 0 radical (unpaired) electrons. The summed E-state index contributed by atoms with van der Waals surface area (Å²) in [6, 6.07) is 3.98. The second kappa shape index (κ2) is 5.09. The van der Waals surface area contributed by atoms with Crippen LogP contribution >= 0.6 is 11.6 Å². The number of aryl methyl sites for hydroxylation is 1. The highest BCUT2D eigenvalue weighted by Gasteiger charge is 2.23. The van der Waals surface area contributed by atoms with Gasteiger partial charge < -0.3 is 4.74 Å². The van der Waals surface area contributed by atoms with E-state index in [0.717, 1.165) is 34.7 Å². The topological polar surface area (TPSA) is 26.3 Å². The van der Waals surface area contributed by atoms with Crippen molar-refractivity contribution >= 4 is 17.4 Å². The van der Waals surface area contributed by atoms with E-state index in [4.69, 9.17) is 16.3 Å². The average Bonchev–Trinajstić information content (AvgIpc) is 2.33. The molecule has 1 saturated carbocycles. The second-order valence-corrected chi connectivity index (χ2v) is 5.06. The van der Waals surface area contributed by atoms with E-state index in [2.05, 4.69) is 0 Å². The van der Waals surface area contributed by atoms with Gasteiger partial charge in [-0.05, 0) is 48.9 Å². The van der Waals surface area contributed by atoms with Crippen molar-refractivity contribution in [3.63, 3.8) is 0 Å². The predicted octanol–water partition coefficient (Wildman–Crippen LogP) is 3.88. The van der Waals surface area contributed by atoms with Crippen LogP contribution in [0.5, 0.6) is 5.75 Å². The van der Waals surface area contributed by atoms with Gasteiger partial charge in [0.05, 0.1) is 7.11 Å². The van der Waals surface area contributed by atoms with E-state index in [0.29, 0.717) is 24.5 Å². The van der Waals surface area contributed by atoms with Gasteiger partial charge in [-0.3, -0.25) is 4.79 Å². The van der Waals surface area contributed by atoms with Crippen LogP contribution in [0.1, 0.15) is 42.7 Å². The van der Waals surface area contributed by atoms with Crippen molar-refractivity contribution in [2.75, 3.05) is 7.11 Å². The molecular formula is C14H17ClO2. The molecule has 1 aliphatic rings. The highest BCUT2D eigenvalue weighted by molar-refractivity contribution is 6.31. The lowest BCUT2D eigenvalue weighted by Gasteiger charge is -2.23. The molecule has 1 aromatic rings. The standard InChI is InChI=1S/C14H17ClO2/c1-9-7-14(17-2)12(8-13(9)15)10-3-5-11(16)6-4-10/h7-8,10H,3-6H2,1-2H3. The number of carbonyl (C=O) groups excluding carboxylic acids is 1. The minimum absolute atomic E-state index is 0.374. The van der Waals surface area contributed by atoms with Gasteiger partial charge in [0.1, 0.15) is 11.5 Å². The molecule has 0 amide bonds. The highest BCUT2D eigenvalue weighted by atomic mass is 35.5. The number of benzene rings is 1. The van der Waals surface area contributed by atoms with Crippen molar-refractivity contribution in [3.05, 3.63) is 28.3 Å². The summed E-state index contributed by atoms with van der Waals surface area (Å²) in [4.78, 5) is 11.3. The van der Waals surface area contributed by atoms with Crippen molar-refractivity contribution in [2.45, 2.75) is 38.5 Å². The Balaban J connectivity index is 2.30.